The van der Waals surface area contributed by atoms with Crippen LogP contribution in [-0.2, 0) is 4.79 Å². The molecule has 94 valence electrons. The fourth-order valence-corrected chi connectivity index (χ4v) is 2.55. The van der Waals surface area contributed by atoms with E-state index in [0.717, 1.165) is 24.0 Å². The predicted molar refractivity (Wildman–Crippen MR) is 67.1 cm³/mol. The van der Waals surface area contributed by atoms with Crippen LogP contribution in [0.5, 0.6) is 0 Å². The number of nitrogens with zero attached hydrogens (tertiary/aromatic N) is 4. The summed E-state index contributed by atoms with van der Waals surface area (Å²) in [6.07, 6.45) is 0. The van der Waals surface area contributed by atoms with Crippen LogP contribution in [0.15, 0.2) is 0 Å². The number of anilines is 1. The second kappa shape index (κ2) is 4.97. The number of hydrogen-bond donors (Lipinski definition) is 1. The molecule has 2 N–H and O–H groups in total. The van der Waals surface area contributed by atoms with Gasteiger partial charge < -0.3 is 15.5 Å². The predicted octanol–water partition coefficient (Wildman–Crippen LogP) is -0.158. The Morgan fingerprint density at radius 2 is 2.06 bits per heavy atom. The van der Waals surface area contributed by atoms with Crippen molar-refractivity contribution in [1.29, 1.82) is 0 Å². The van der Waals surface area contributed by atoms with E-state index in [4.69, 9.17) is 5.73 Å². The van der Waals surface area contributed by atoms with Crippen molar-refractivity contribution in [2.45, 2.75) is 19.9 Å². The highest BCUT2D eigenvalue weighted by atomic mass is 32.1. The number of aromatic nitrogens is 2. The zero-order chi connectivity index (χ0) is 12.4. The number of carbonyl (C=O) groups is 1. The number of piperazine rings is 1. The first-order valence-corrected chi connectivity index (χ1v) is 6.45. The van der Waals surface area contributed by atoms with Gasteiger partial charge in [-0.2, -0.15) is 4.37 Å². The second-order valence-corrected chi connectivity index (χ2v) is 4.96. The minimum absolute atomic E-state index is 0.0260. The molecule has 17 heavy (non-hydrogen) atoms. The summed E-state index contributed by atoms with van der Waals surface area (Å²) >= 11 is 1.41. The topological polar surface area (TPSA) is 75.4 Å². The Morgan fingerprint density at radius 3 is 2.53 bits per heavy atom. The standard InChI is InChI=1S/C10H17N5OS/c1-7(11)9(16)14-3-5-15(6-4-14)10-12-8(2)13-17-10/h7H,3-6,11H2,1-2H3. The van der Waals surface area contributed by atoms with E-state index in [0.29, 0.717) is 13.1 Å². The van der Waals surface area contributed by atoms with Crippen LogP contribution in [0, 0.1) is 6.92 Å². The van der Waals surface area contributed by atoms with Crippen molar-refractivity contribution in [2.24, 2.45) is 5.73 Å². The van der Waals surface area contributed by atoms with E-state index in [9.17, 15) is 4.79 Å². The SMILES string of the molecule is Cc1nsc(N2CCN(C(=O)C(C)N)CC2)n1. The number of hydrogen-bond acceptors (Lipinski definition) is 6. The van der Waals surface area contributed by atoms with Crippen LogP contribution in [0.4, 0.5) is 5.13 Å². The van der Waals surface area contributed by atoms with Crippen LogP contribution in [0.2, 0.25) is 0 Å². The Kier molecular flexibility index (Phi) is 3.58. The van der Waals surface area contributed by atoms with E-state index in [1.165, 1.54) is 11.5 Å². The van der Waals surface area contributed by atoms with Crippen molar-refractivity contribution in [3.05, 3.63) is 5.82 Å². The summed E-state index contributed by atoms with van der Waals surface area (Å²) in [6.45, 7) is 6.62. The van der Waals surface area contributed by atoms with Crippen molar-refractivity contribution >= 4 is 22.6 Å². The van der Waals surface area contributed by atoms with Gasteiger partial charge in [-0.15, -0.1) is 0 Å². The lowest BCUT2D eigenvalue weighted by atomic mass is 10.2. The quantitative estimate of drug-likeness (QED) is 0.795. The van der Waals surface area contributed by atoms with E-state index < -0.39 is 6.04 Å². The minimum atomic E-state index is -0.412. The molecule has 1 unspecified atom stereocenters. The monoisotopic (exact) mass is 255 g/mol. The summed E-state index contributed by atoms with van der Waals surface area (Å²) in [5, 5.41) is 0.940. The van der Waals surface area contributed by atoms with Gasteiger partial charge in [-0.1, -0.05) is 0 Å². The number of rotatable bonds is 2. The number of carbonyl (C=O) groups excluding carboxylic acids is 1. The number of amides is 1. The summed E-state index contributed by atoms with van der Waals surface area (Å²) in [4.78, 5) is 20.0. The summed E-state index contributed by atoms with van der Waals surface area (Å²) in [6, 6.07) is -0.412. The van der Waals surface area contributed by atoms with Gasteiger partial charge in [0.1, 0.15) is 5.82 Å². The van der Waals surface area contributed by atoms with Gasteiger partial charge in [0.15, 0.2) is 0 Å². The Hall–Kier alpha value is -1.21. The molecule has 6 nitrogen and oxygen atoms in total. The first-order chi connectivity index (χ1) is 8.08. The zero-order valence-electron chi connectivity index (χ0n) is 10.1. The van der Waals surface area contributed by atoms with Crippen LogP contribution in [-0.4, -0.2) is 52.4 Å². The van der Waals surface area contributed by atoms with Crippen LogP contribution in [0.1, 0.15) is 12.7 Å². The molecule has 1 aromatic rings. The molecule has 7 heteroatoms. The molecule has 0 spiro atoms. The van der Waals surface area contributed by atoms with Crippen LogP contribution in [0.25, 0.3) is 0 Å². The lowest BCUT2D eigenvalue weighted by Gasteiger charge is -2.35. The average molecular weight is 255 g/mol. The lowest BCUT2D eigenvalue weighted by Crippen LogP contribution is -2.52. The third-order valence-corrected chi connectivity index (χ3v) is 3.64. The van der Waals surface area contributed by atoms with Gasteiger partial charge in [-0.3, -0.25) is 4.79 Å². The van der Waals surface area contributed by atoms with Gasteiger partial charge in [-0.05, 0) is 13.8 Å². The third-order valence-electron chi connectivity index (χ3n) is 2.77. The lowest BCUT2D eigenvalue weighted by molar-refractivity contribution is -0.132. The van der Waals surface area contributed by atoms with E-state index in [1.807, 2.05) is 11.8 Å². The van der Waals surface area contributed by atoms with Gasteiger partial charge in [0.2, 0.25) is 11.0 Å². The molecule has 2 rings (SSSR count). The van der Waals surface area contributed by atoms with E-state index in [1.54, 1.807) is 6.92 Å². The molecular weight excluding hydrogens is 238 g/mol. The van der Waals surface area contributed by atoms with Crippen molar-refractivity contribution in [3.8, 4) is 0 Å². The summed E-state index contributed by atoms with van der Waals surface area (Å²) in [5.74, 6) is 0.831. The zero-order valence-corrected chi connectivity index (χ0v) is 10.9. The van der Waals surface area contributed by atoms with Crippen LogP contribution >= 0.6 is 11.5 Å². The molecule has 1 amide bonds. The van der Waals surface area contributed by atoms with Gasteiger partial charge >= 0.3 is 0 Å². The summed E-state index contributed by atoms with van der Waals surface area (Å²) in [7, 11) is 0. The maximum atomic E-state index is 11.7. The van der Waals surface area contributed by atoms with Crippen LogP contribution < -0.4 is 10.6 Å². The highest BCUT2D eigenvalue weighted by Crippen LogP contribution is 2.18. The molecule has 0 radical (unpaired) electrons. The normalized spacial score (nSPS) is 18.3. The Balaban J connectivity index is 1.92. The Morgan fingerprint density at radius 1 is 1.41 bits per heavy atom. The maximum absolute atomic E-state index is 11.7. The molecule has 0 aromatic carbocycles. The smallest absolute Gasteiger partial charge is 0.239 e. The van der Waals surface area contributed by atoms with E-state index in [-0.39, 0.29) is 5.91 Å². The minimum Gasteiger partial charge on any atom is -0.343 e. The Bertz CT molecular complexity index is 397. The highest BCUT2D eigenvalue weighted by molar-refractivity contribution is 7.09. The first-order valence-electron chi connectivity index (χ1n) is 5.67. The molecule has 1 aromatic heterocycles. The third kappa shape index (κ3) is 2.73. The van der Waals surface area contributed by atoms with E-state index >= 15 is 0 Å². The van der Waals surface area contributed by atoms with Crippen molar-refractivity contribution in [2.75, 3.05) is 31.1 Å². The largest absolute Gasteiger partial charge is 0.343 e. The summed E-state index contributed by atoms with van der Waals surface area (Å²) < 4.78 is 4.16. The van der Waals surface area contributed by atoms with Crippen molar-refractivity contribution in [3.63, 3.8) is 0 Å². The van der Waals surface area contributed by atoms with Crippen LogP contribution in [0.3, 0.4) is 0 Å². The first kappa shape index (κ1) is 12.3. The Labute approximate surface area is 105 Å². The number of aryl methyl sites for hydroxylation is 1. The second-order valence-electron chi connectivity index (χ2n) is 4.23. The maximum Gasteiger partial charge on any atom is 0.239 e. The van der Waals surface area contributed by atoms with Crippen molar-refractivity contribution in [1.82, 2.24) is 14.3 Å². The van der Waals surface area contributed by atoms with Gasteiger partial charge in [0.05, 0.1) is 6.04 Å². The fraction of sp³-hybridized carbons (Fsp3) is 0.700. The molecule has 0 aliphatic carbocycles. The van der Waals surface area contributed by atoms with Gasteiger partial charge in [0, 0.05) is 37.7 Å². The molecule has 1 aliphatic heterocycles. The molecule has 2 heterocycles. The highest BCUT2D eigenvalue weighted by Gasteiger charge is 2.24. The molecule has 1 aliphatic rings. The summed E-state index contributed by atoms with van der Waals surface area (Å²) in [5.41, 5.74) is 5.59. The molecule has 1 atom stereocenters. The van der Waals surface area contributed by atoms with Crippen molar-refractivity contribution < 1.29 is 4.79 Å². The molecule has 1 saturated heterocycles. The van der Waals surface area contributed by atoms with E-state index in [2.05, 4.69) is 14.3 Å². The van der Waals surface area contributed by atoms with Gasteiger partial charge in [0.25, 0.3) is 0 Å². The molecular formula is C10H17N5OS. The average Bonchev–Trinajstić information content (AvgIpc) is 2.75. The fourth-order valence-electron chi connectivity index (χ4n) is 1.82. The molecule has 1 fully saturated rings. The van der Waals surface area contributed by atoms with Gasteiger partial charge in [-0.25, -0.2) is 4.98 Å². The molecule has 0 bridgehead atoms. The number of nitrogens with two attached hydrogens (primary N) is 1. The molecule has 0 saturated carbocycles.